The van der Waals surface area contributed by atoms with Gasteiger partial charge in [-0.2, -0.15) is 5.10 Å². The van der Waals surface area contributed by atoms with Crippen LogP contribution in [0.5, 0.6) is 11.5 Å². The predicted octanol–water partition coefficient (Wildman–Crippen LogP) is 4.65. The lowest BCUT2D eigenvalue weighted by molar-refractivity contribution is -0.143. The Hall–Kier alpha value is -3.30. The molecule has 0 unspecified atom stereocenters. The number of rotatable bonds is 8. The highest BCUT2D eigenvalue weighted by atomic mass is 16.5. The number of amides is 3. The normalized spacial score (nSPS) is 24.7. The van der Waals surface area contributed by atoms with E-state index in [1.165, 1.54) is 6.42 Å². The van der Waals surface area contributed by atoms with Crippen molar-refractivity contribution in [1.29, 1.82) is 0 Å². The minimum absolute atomic E-state index is 0.0786. The number of benzene rings is 1. The lowest BCUT2D eigenvalue weighted by Gasteiger charge is -2.44. The maximum Gasteiger partial charge on any atom is 0.405 e. The number of hydrazone groups is 1. The molecule has 0 radical (unpaired) electrons. The molecule has 4 aliphatic rings. The topological polar surface area (TPSA) is 121 Å². The molecule has 10 heteroatoms. The minimum atomic E-state index is -1.16. The first kappa shape index (κ1) is 29.2. The van der Waals surface area contributed by atoms with Crippen molar-refractivity contribution < 1.29 is 29.0 Å². The summed E-state index contributed by atoms with van der Waals surface area (Å²) in [6.45, 7) is 0.954. The highest BCUT2D eigenvalue weighted by molar-refractivity contribution is 6.07. The number of hydrogen-bond acceptors (Lipinski definition) is 6. The van der Waals surface area contributed by atoms with Crippen molar-refractivity contribution in [1.82, 2.24) is 15.2 Å². The third-order valence-electron chi connectivity index (χ3n) is 9.57. The third-order valence-corrected chi connectivity index (χ3v) is 9.57. The van der Waals surface area contributed by atoms with Crippen LogP contribution in [0, 0.1) is 17.8 Å². The number of carbonyl (C=O) groups excluding carboxylic acids is 2. The average molecular weight is 569 g/mol. The summed E-state index contributed by atoms with van der Waals surface area (Å²) in [6, 6.07) is 4.99. The number of nitrogens with one attached hydrogen (secondary N) is 1. The molecule has 2 saturated carbocycles. The fourth-order valence-corrected chi connectivity index (χ4v) is 7.37. The maximum absolute atomic E-state index is 13.7. The summed E-state index contributed by atoms with van der Waals surface area (Å²) < 4.78 is 11.0. The van der Waals surface area contributed by atoms with Gasteiger partial charge < -0.3 is 24.8 Å². The number of ether oxygens (including phenoxy) is 2. The van der Waals surface area contributed by atoms with Crippen LogP contribution in [0.4, 0.5) is 4.79 Å². The number of likely N-dealkylation sites (tertiary alicyclic amines) is 1. The lowest BCUT2D eigenvalue weighted by atomic mass is 9.73. The van der Waals surface area contributed by atoms with E-state index in [2.05, 4.69) is 5.32 Å². The Kier molecular flexibility index (Phi) is 9.35. The van der Waals surface area contributed by atoms with Gasteiger partial charge in [0.1, 0.15) is 6.04 Å². The van der Waals surface area contributed by atoms with Gasteiger partial charge in [-0.25, -0.2) is 9.80 Å². The zero-order valence-corrected chi connectivity index (χ0v) is 24.3. The second-order valence-corrected chi connectivity index (χ2v) is 12.0. The molecule has 2 aliphatic heterocycles. The fourth-order valence-electron chi connectivity index (χ4n) is 7.37. The van der Waals surface area contributed by atoms with Gasteiger partial charge in [0, 0.05) is 30.5 Å². The fraction of sp³-hybridized carbons (Fsp3) is 0.677. The van der Waals surface area contributed by atoms with E-state index in [1.807, 2.05) is 18.2 Å². The van der Waals surface area contributed by atoms with E-state index < -0.39 is 12.1 Å². The molecule has 1 saturated heterocycles. The van der Waals surface area contributed by atoms with Gasteiger partial charge in [-0.3, -0.25) is 9.59 Å². The third kappa shape index (κ3) is 6.46. The van der Waals surface area contributed by atoms with Crippen molar-refractivity contribution in [2.24, 2.45) is 22.9 Å². The molecule has 3 atom stereocenters. The molecule has 3 amide bonds. The van der Waals surface area contributed by atoms with E-state index in [0.29, 0.717) is 49.8 Å². The molecule has 5 rings (SSSR count). The van der Waals surface area contributed by atoms with Gasteiger partial charge >= 0.3 is 6.09 Å². The largest absolute Gasteiger partial charge is 0.493 e. The van der Waals surface area contributed by atoms with E-state index in [1.54, 1.807) is 24.1 Å². The number of nitrogens with zero attached hydrogens (tertiary/aromatic N) is 3. The molecule has 1 aromatic carbocycles. The van der Waals surface area contributed by atoms with Crippen LogP contribution in [0.1, 0.15) is 82.6 Å². The Morgan fingerprint density at radius 2 is 1.61 bits per heavy atom. The molecule has 1 aromatic rings. The number of methoxy groups -OCH3 is 2. The first-order valence-corrected chi connectivity index (χ1v) is 15.3. The molecule has 2 N–H and O–H groups in total. The lowest BCUT2D eigenvalue weighted by Crippen LogP contribution is -2.55. The minimum Gasteiger partial charge on any atom is -0.493 e. The van der Waals surface area contributed by atoms with Gasteiger partial charge in [0.05, 0.1) is 26.0 Å². The summed E-state index contributed by atoms with van der Waals surface area (Å²) >= 11 is 0. The van der Waals surface area contributed by atoms with Crippen LogP contribution in [-0.4, -0.2) is 78.0 Å². The summed E-state index contributed by atoms with van der Waals surface area (Å²) in [6.07, 6.45) is 10.1. The first-order chi connectivity index (χ1) is 19.9. The van der Waals surface area contributed by atoms with Crippen molar-refractivity contribution in [3.05, 3.63) is 23.8 Å². The average Bonchev–Trinajstić information content (AvgIpc) is 3.01. The second-order valence-electron chi connectivity index (χ2n) is 12.0. The first-order valence-electron chi connectivity index (χ1n) is 15.3. The molecule has 10 nitrogen and oxygen atoms in total. The van der Waals surface area contributed by atoms with Gasteiger partial charge in [-0.15, -0.1) is 0 Å². The van der Waals surface area contributed by atoms with Crippen LogP contribution in [0.3, 0.4) is 0 Å². The van der Waals surface area contributed by atoms with Crippen LogP contribution in [-0.2, 0) is 9.59 Å². The summed E-state index contributed by atoms with van der Waals surface area (Å²) in [5.74, 6) is 1.58. The summed E-state index contributed by atoms with van der Waals surface area (Å²) in [4.78, 5) is 40.5. The zero-order valence-electron chi connectivity index (χ0n) is 24.3. The zero-order chi connectivity index (χ0) is 28.9. The molecule has 0 bridgehead atoms. The quantitative estimate of drug-likeness (QED) is 0.471. The van der Waals surface area contributed by atoms with Crippen LogP contribution in [0.2, 0.25) is 0 Å². The highest BCUT2D eigenvalue weighted by Gasteiger charge is 2.44. The van der Waals surface area contributed by atoms with Gasteiger partial charge in [0.2, 0.25) is 11.8 Å². The number of carbonyl (C=O) groups is 3. The van der Waals surface area contributed by atoms with Crippen molar-refractivity contribution in [2.75, 3.05) is 27.3 Å². The SMILES string of the molecule is COc1ccc(C2=NN(C3CCN(C(=O)[C@H](CC4CCCCC4)NC(=O)O)CC3)C(=O)[C@@H]3CCCC[C@H]23)cc1OC. The molecule has 2 heterocycles. The van der Waals surface area contributed by atoms with E-state index in [4.69, 9.17) is 14.6 Å². The standard InChI is InChI=1S/C31H44N4O6/c1-40-26-13-12-21(19-27(26)41-2)28-23-10-6-7-11-24(23)29(36)35(33-28)22-14-16-34(17-15-22)30(37)25(32-31(38)39)18-20-8-4-3-5-9-20/h12-13,19-20,22-25,32H,3-11,14-18H2,1-2H3,(H,38,39)/t23-,24+,25-/m0/s1. The van der Waals surface area contributed by atoms with Crippen LogP contribution < -0.4 is 14.8 Å². The van der Waals surface area contributed by atoms with Gasteiger partial charge in [-0.1, -0.05) is 44.9 Å². The molecule has 0 aromatic heterocycles. The predicted molar refractivity (Wildman–Crippen MR) is 154 cm³/mol. The van der Waals surface area contributed by atoms with Crippen LogP contribution >= 0.6 is 0 Å². The van der Waals surface area contributed by atoms with Crippen LogP contribution in [0.25, 0.3) is 0 Å². The molecule has 41 heavy (non-hydrogen) atoms. The van der Waals surface area contributed by atoms with E-state index >= 15 is 0 Å². The van der Waals surface area contributed by atoms with Gasteiger partial charge in [-0.05, 0) is 56.2 Å². The number of piperidine rings is 1. The van der Waals surface area contributed by atoms with Crippen molar-refractivity contribution in [2.45, 2.75) is 89.1 Å². The number of hydrogen-bond donors (Lipinski definition) is 2. The molecular weight excluding hydrogens is 524 g/mol. The molecule has 0 spiro atoms. The van der Waals surface area contributed by atoms with Crippen molar-refractivity contribution >= 4 is 23.6 Å². The van der Waals surface area contributed by atoms with Crippen molar-refractivity contribution in [3.63, 3.8) is 0 Å². The summed E-state index contributed by atoms with van der Waals surface area (Å²) in [5.41, 5.74) is 1.86. The Balaban J connectivity index is 1.31. The smallest absolute Gasteiger partial charge is 0.405 e. The number of fused-ring (bicyclic) bond motifs is 1. The Morgan fingerprint density at radius 1 is 0.951 bits per heavy atom. The Bertz CT molecular complexity index is 1140. The van der Waals surface area contributed by atoms with Crippen LogP contribution in [0.15, 0.2) is 23.3 Å². The maximum atomic E-state index is 13.7. The van der Waals surface area contributed by atoms with Gasteiger partial charge in [0.25, 0.3) is 0 Å². The molecule has 224 valence electrons. The second kappa shape index (κ2) is 13.1. The number of carboxylic acid groups (broad SMARTS) is 1. The molecular formula is C31H44N4O6. The molecule has 3 fully saturated rings. The van der Waals surface area contributed by atoms with E-state index in [-0.39, 0.29) is 29.7 Å². The Morgan fingerprint density at radius 3 is 2.27 bits per heavy atom. The van der Waals surface area contributed by atoms with Gasteiger partial charge in [0.15, 0.2) is 11.5 Å². The Labute approximate surface area is 242 Å². The molecule has 2 aliphatic carbocycles. The van der Waals surface area contributed by atoms with E-state index in [9.17, 15) is 19.5 Å². The monoisotopic (exact) mass is 568 g/mol. The van der Waals surface area contributed by atoms with Crippen molar-refractivity contribution in [3.8, 4) is 11.5 Å². The summed E-state index contributed by atoms with van der Waals surface area (Å²) in [5, 5.41) is 18.6. The summed E-state index contributed by atoms with van der Waals surface area (Å²) in [7, 11) is 3.23. The van der Waals surface area contributed by atoms with E-state index in [0.717, 1.165) is 62.6 Å². The highest BCUT2D eigenvalue weighted by Crippen LogP contribution is 2.40.